The van der Waals surface area contributed by atoms with E-state index in [4.69, 9.17) is 19.8 Å². The number of esters is 1. The molecule has 2 aromatic heterocycles. The van der Waals surface area contributed by atoms with E-state index >= 15 is 0 Å². The van der Waals surface area contributed by atoms with Gasteiger partial charge in [-0.3, -0.25) is 4.79 Å². The molecule has 8 heteroatoms. The topological polar surface area (TPSA) is 83.7 Å². The molecule has 43 heavy (non-hydrogen) atoms. The molecule has 2 aromatic carbocycles. The summed E-state index contributed by atoms with van der Waals surface area (Å²) in [5, 5.41) is 9.66. The van der Waals surface area contributed by atoms with Gasteiger partial charge in [-0.15, -0.1) is 13.2 Å². The highest BCUT2D eigenvalue weighted by atomic mass is 16.5. The first kappa shape index (κ1) is 33.5. The number of anilines is 2. The van der Waals surface area contributed by atoms with Crippen molar-refractivity contribution in [2.75, 3.05) is 32.6 Å². The van der Waals surface area contributed by atoms with Crippen molar-refractivity contribution >= 4 is 28.5 Å². The molecule has 3 heterocycles. The van der Waals surface area contributed by atoms with Crippen LogP contribution >= 0.6 is 0 Å². The molecule has 0 amide bonds. The fourth-order valence-electron chi connectivity index (χ4n) is 5.35. The molecule has 230 valence electrons. The van der Waals surface area contributed by atoms with Crippen LogP contribution in [0.5, 0.6) is 0 Å². The van der Waals surface area contributed by atoms with Crippen LogP contribution in [-0.2, 0) is 29.0 Å². The summed E-state index contributed by atoms with van der Waals surface area (Å²) in [6, 6.07) is 10.8. The Bertz CT molecular complexity index is 1540. The Kier molecular flexibility index (Phi) is 10.9. The average molecular weight is 586 g/mol. The Balaban J connectivity index is 0.000000657. The van der Waals surface area contributed by atoms with E-state index in [0.717, 1.165) is 58.5 Å². The first-order valence-corrected chi connectivity index (χ1v) is 14.5. The van der Waals surface area contributed by atoms with E-state index in [1.54, 1.807) is 20.8 Å². The van der Waals surface area contributed by atoms with E-state index in [1.165, 1.54) is 23.9 Å². The summed E-state index contributed by atoms with van der Waals surface area (Å²) < 4.78 is 7.50. The van der Waals surface area contributed by atoms with Crippen molar-refractivity contribution in [2.45, 2.75) is 66.7 Å². The van der Waals surface area contributed by atoms with Gasteiger partial charge in [0, 0.05) is 48.7 Å². The number of methoxy groups -OCH3 is 1. The zero-order valence-electron chi connectivity index (χ0n) is 27.3. The Labute approximate surface area is 256 Å². The summed E-state index contributed by atoms with van der Waals surface area (Å²) in [5.41, 5.74) is 9.47. The molecule has 5 rings (SSSR count). The lowest BCUT2D eigenvalue weighted by molar-refractivity contribution is -0.139. The molecular formula is C35H47N5O3. The predicted octanol–water partition coefficient (Wildman–Crippen LogP) is 6.53. The number of carbonyl (C=O) groups is 1. The third-order valence-electron chi connectivity index (χ3n) is 7.05. The smallest absolute Gasteiger partial charge is 0.310 e. The van der Waals surface area contributed by atoms with Crippen LogP contribution in [0.4, 0.5) is 11.6 Å². The molecule has 0 saturated carbocycles. The maximum Gasteiger partial charge on any atom is 0.310 e. The first-order chi connectivity index (χ1) is 20.3. The Morgan fingerprint density at radius 3 is 2.16 bits per heavy atom. The van der Waals surface area contributed by atoms with Crippen LogP contribution in [0.2, 0.25) is 0 Å². The lowest BCUT2D eigenvalue weighted by atomic mass is 9.88. The zero-order chi connectivity index (χ0) is 32.1. The van der Waals surface area contributed by atoms with E-state index in [1.807, 2.05) is 26.5 Å². The minimum Gasteiger partial charge on any atom is -0.469 e. The molecule has 0 aliphatic carbocycles. The highest BCUT2D eigenvalue weighted by Crippen LogP contribution is 2.46. The van der Waals surface area contributed by atoms with Gasteiger partial charge >= 0.3 is 5.97 Å². The van der Waals surface area contributed by atoms with Gasteiger partial charge in [-0.2, -0.15) is 0 Å². The number of nitrogens with zero attached hydrogens (tertiary/aromatic N) is 5. The number of hydrogen-bond donors (Lipinski definition) is 1. The molecule has 0 spiro atoms. The first-order valence-electron chi connectivity index (χ1n) is 14.5. The zero-order valence-corrected chi connectivity index (χ0v) is 27.3. The van der Waals surface area contributed by atoms with Crippen LogP contribution in [0.25, 0.3) is 22.0 Å². The van der Waals surface area contributed by atoms with E-state index in [-0.39, 0.29) is 12.4 Å². The van der Waals surface area contributed by atoms with Crippen molar-refractivity contribution in [3.05, 3.63) is 83.8 Å². The number of rotatable bonds is 6. The minimum atomic E-state index is -0.500. The van der Waals surface area contributed by atoms with Crippen molar-refractivity contribution in [1.82, 2.24) is 19.4 Å². The largest absolute Gasteiger partial charge is 0.469 e. The van der Waals surface area contributed by atoms with Gasteiger partial charge in [0.05, 0.1) is 30.3 Å². The van der Waals surface area contributed by atoms with Crippen LogP contribution in [0, 0.1) is 20.8 Å². The van der Waals surface area contributed by atoms with Crippen LogP contribution in [-0.4, -0.2) is 63.9 Å². The summed E-state index contributed by atoms with van der Waals surface area (Å²) in [6.45, 7) is 20.0. The summed E-state index contributed by atoms with van der Waals surface area (Å²) in [7, 11) is 5.52. The van der Waals surface area contributed by atoms with E-state index < -0.39 is 5.60 Å². The second-order valence-electron chi connectivity index (χ2n) is 12.1. The van der Waals surface area contributed by atoms with Crippen molar-refractivity contribution in [2.24, 2.45) is 0 Å². The Morgan fingerprint density at radius 2 is 1.63 bits per heavy atom. The molecule has 4 aromatic rings. The molecular weight excluding hydrogens is 538 g/mol. The highest BCUT2D eigenvalue weighted by Gasteiger charge is 2.30. The lowest BCUT2D eigenvalue weighted by Crippen LogP contribution is -2.30. The van der Waals surface area contributed by atoms with Gasteiger partial charge in [0.2, 0.25) is 5.95 Å². The number of ether oxygens (including phenoxy) is 1. The van der Waals surface area contributed by atoms with Crippen molar-refractivity contribution in [1.29, 1.82) is 0 Å². The fourth-order valence-corrected chi connectivity index (χ4v) is 5.35. The van der Waals surface area contributed by atoms with Crippen LogP contribution < -0.4 is 4.90 Å². The molecule has 0 bridgehead atoms. The lowest BCUT2D eigenvalue weighted by Gasteiger charge is -2.33. The van der Waals surface area contributed by atoms with Gasteiger partial charge in [-0.1, -0.05) is 29.8 Å². The monoisotopic (exact) mass is 585 g/mol. The predicted molar refractivity (Wildman–Crippen MR) is 177 cm³/mol. The molecule has 1 N–H and O–H groups in total. The van der Waals surface area contributed by atoms with Crippen LogP contribution in [0.3, 0.4) is 0 Å². The maximum atomic E-state index is 12.6. The molecule has 0 saturated heterocycles. The average Bonchev–Trinajstić information content (AvgIpc) is 3.28. The van der Waals surface area contributed by atoms with Gasteiger partial charge in [0.1, 0.15) is 0 Å². The molecule has 0 radical (unpaired) electrons. The molecule has 0 fully saturated rings. The number of benzene rings is 2. The van der Waals surface area contributed by atoms with Crippen molar-refractivity contribution in [3.63, 3.8) is 0 Å². The summed E-state index contributed by atoms with van der Waals surface area (Å²) >= 11 is 0. The van der Waals surface area contributed by atoms with Crippen LogP contribution in [0.15, 0.2) is 55.9 Å². The van der Waals surface area contributed by atoms with Gasteiger partial charge in [-0.05, 0) is 84.0 Å². The van der Waals surface area contributed by atoms with E-state index in [0.29, 0.717) is 5.95 Å². The third-order valence-corrected chi connectivity index (χ3v) is 7.05. The molecule has 1 aliphatic rings. The van der Waals surface area contributed by atoms with Gasteiger partial charge < -0.3 is 24.2 Å². The fraction of sp³-hybridized carbons (Fsp3) is 0.400. The van der Waals surface area contributed by atoms with Crippen molar-refractivity contribution in [3.8, 4) is 11.1 Å². The Morgan fingerprint density at radius 1 is 1.05 bits per heavy atom. The molecule has 1 aliphatic heterocycles. The summed E-state index contributed by atoms with van der Waals surface area (Å²) in [6.07, 6.45) is 4.02. The SMILES string of the molecule is C=C.CC(C)(C)O.COC(=O)Cc1c(C)c2c3c(cc(C)n3CCN2c2ncc(CN(C)C)cn2)c1-c1ccc(C)cc1. The van der Waals surface area contributed by atoms with E-state index in [2.05, 4.69) is 78.6 Å². The number of aromatic nitrogens is 3. The number of aryl methyl sites for hydroxylation is 2. The summed E-state index contributed by atoms with van der Waals surface area (Å²) in [4.78, 5) is 26.4. The molecule has 0 atom stereocenters. The highest BCUT2D eigenvalue weighted by molar-refractivity contribution is 6.08. The maximum absolute atomic E-state index is 12.6. The van der Waals surface area contributed by atoms with Gasteiger partial charge in [0.15, 0.2) is 0 Å². The second-order valence-corrected chi connectivity index (χ2v) is 12.1. The normalized spacial score (nSPS) is 12.4. The standard InChI is InChI=1S/C29H33N5O2.C4H10O.C2H4/c1-18-7-9-22(10-8-18)26-23(14-25(35)36-6)20(3)27-28-24(26)13-19(2)33(28)11-12-34(27)29-30-15-21(16-31-29)17-32(4)5;1-4(2,3)5;1-2/h7-10,13,15-16H,11-12,14,17H2,1-6H3;5H,1-3H3;1-2H2. The van der Waals surface area contributed by atoms with E-state index in [9.17, 15) is 4.79 Å². The number of carbonyl (C=O) groups excluding carboxylic acids is 1. The van der Waals surface area contributed by atoms with Crippen LogP contribution in [0.1, 0.15) is 48.7 Å². The number of hydrogen-bond acceptors (Lipinski definition) is 7. The second kappa shape index (κ2) is 14.0. The summed E-state index contributed by atoms with van der Waals surface area (Å²) in [5.74, 6) is 0.430. The Hall–Kier alpha value is -4.01. The minimum absolute atomic E-state index is 0.204. The van der Waals surface area contributed by atoms with Crippen molar-refractivity contribution < 1.29 is 14.6 Å². The molecule has 0 unspecified atom stereocenters. The van der Waals surface area contributed by atoms with Gasteiger partial charge in [0.25, 0.3) is 0 Å². The quantitative estimate of drug-likeness (QED) is 0.203. The van der Waals surface area contributed by atoms with Gasteiger partial charge in [-0.25, -0.2) is 9.97 Å². The third kappa shape index (κ3) is 7.89. The number of aliphatic hydroxyl groups is 1. The molecule has 8 nitrogen and oxygen atoms in total.